The molecule has 0 spiro atoms. The molecule has 0 fully saturated rings. The molecule has 0 aliphatic carbocycles. The Bertz CT molecular complexity index is 948. The maximum absolute atomic E-state index is 5.35. The zero-order valence-electron chi connectivity index (χ0n) is 15.3. The molecule has 0 atom stereocenters. The van der Waals surface area contributed by atoms with Gasteiger partial charge in [-0.25, -0.2) is 0 Å². The van der Waals surface area contributed by atoms with Crippen LogP contribution in [0.3, 0.4) is 0 Å². The van der Waals surface area contributed by atoms with E-state index in [0.29, 0.717) is 6.54 Å². The Kier molecular flexibility index (Phi) is 5.06. The van der Waals surface area contributed by atoms with Gasteiger partial charge >= 0.3 is 0 Å². The molecule has 1 heterocycles. The van der Waals surface area contributed by atoms with E-state index in [1.54, 1.807) is 0 Å². The van der Waals surface area contributed by atoms with E-state index >= 15 is 0 Å². The van der Waals surface area contributed by atoms with Crippen LogP contribution in [0.15, 0.2) is 71.7 Å². The van der Waals surface area contributed by atoms with Crippen molar-refractivity contribution in [3.8, 4) is 11.1 Å². The van der Waals surface area contributed by atoms with Gasteiger partial charge in [0.25, 0.3) is 0 Å². The lowest BCUT2D eigenvalue weighted by Crippen LogP contribution is -2.08. The highest BCUT2D eigenvalue weighted by Crippen LogP contribution is 2.37. The lowest BCUT2D eigenvalue weighted by molar-refractivity contribution is 0.977. The summed E-state index contributed by atoms with van der Waals surface area (Å²) in [4.78, 5) is 4.10. The van der Waals surface area contributed by atoms with E-state index in [4.69, 9.17) is 5.73 Å². The molecular formula is C23H24N4. The molecule has 0 bridgehead atoms. The van der Waals surface area contributed by atoms with Crippen molar-refractivity contribution in [1.29, 1.82) is 0 Å². The summed E-state index contributed by atoms with van der Waals surface area (Å²) in [6.07, 6.45) is 3.43. The minimum Gasteiger partial charge on any atom is -0.390 e. The van der Waals surface area contributed by atoms with Crippen molar-refractivity contribution in [2.75, 3.05) is 23.7 Å². The highest BCUT2D eigenvalue weighted by Gasteiger charge is 2.16. The summed E-state index contributed by atoms with van der Waals surface area (Å²) in [7, 11) is 0. The fourth-order valence-electron chi connectivity index (χ4n) is 3.57. The number of nitrogens with one attached hydrogen (secondary N) is 2. The first kappa shape index (κ1) is 17.2. The highest BCUT2D eigenvalue weighted by atomic mass is 14.9. The summed E-state index contributed by atoms with van der Waals surface area (Å²) in [6, 6.07) is 23.6. The Hall–Kier alpha value is -3.27. The summed E-state index contributed by atoms with van der Waals surface area (Å²) >= 11 is 0. The topological polar surface area (TPSA) is 62.4 Å². The first-order valence-corrected chi connectivity index (χ1v) is 9.36. The Balaban J connectivity index is 1.73. The average Bonchev–Trinajstić information content (AvgIpc) is 2.90. The molecule has 3 aromatic carbocycles. The summed E-state index contributed by atoms with van der Waals surface area (Å²) in [5.41, 5.74) is 14.0. The van der Waals surface area contributed by atoms with Gasteiger partial charge in [0.2, 0.25) is 0 Å². The number of aryl methyl sites for hydroxylation is 2. The molecule has 0 saturated carbocycles. The second-order valence-electron chi connectivity index (χ2n) is 6.69. The molecular weight excluding hydrogens is 332 g/mol. The molecule has 0 aromatic heterocycles. The molecule has 136 valence electrons. The van der Waals surface area contributed by atoms with Crippen LogP contribution in [0.4, 0.5) is 17.1 Å². The van der Waals surface area contributed by atoms with Crippen molar-refractivity contribution in [3.05, 3.63) is 77.9 Å². The molecule has 4 N–H and O–H groups in total. The molecule has 4 rings (SSSR count). The molecule has 4 nitrogen and oxygen atoms in total. The van der Waals surface area contributed by atoms with Crippen molar-refractivity contribution in [2.24, 2.45) is 10.7 Å². The fourth-order valence-corrected chi connectivity index (χ4v) is 3.57. The summed E-state index contributed by atoms with van der Waals surface area (Å²) in [5.74, 6) is 0. The van der Waals surface area contributed by atoms with Crippen LogP contribution < -0.4 is 16.4 Å². The number of aliphatic imine (C=N–C) groups is 1. The van der Waals surface area contributed by atoms with Crippen LogP contribution in [0.5, 0.6) is 0 Å². The van der Waals surface area contributed by atoms with E-state index in [9.17, 15) is 0 Å². The Morgan fingerprint density at radius 2 is 1.70 bits per heavy atom. The maximum atomic E-state index is 5.35. The van der Waals surface area contributed by atoms with Gasteiger partial charge < -0.3 is 16.4 Å². The number of hydrogen-bond acceptors (Lipinski definition) is 3. The van der Waals surface area contributed by atoms with Gasteiger partial charge in [-0.05, 0) is 47.7 Å². The number of rotatable bonds is 5. The number of para-hydroxylation sites is 1. The summed E-state index contributed by atoms with van der Waals surface area (Å²) < 4.78 is 0. The first-order chi connectivity index (χ1) is 13.3. The van der Waals surface area contributed by atoms with Crippen molar-refractivity contribution in [3.63, 3.8) is 0 Å². The van der Waals surface area contributed by atoms with Gasteiger partial charge in [-0.15, -0.1) is 0 Å². The lowest BCUT2D eigenvalue weighted by atomic mass is 9.97. The van der Waals surface area contributed by atoms with Crippen LogP contribution >= 0.6 is 0 Å². The van der Waals surface area contributed by atoms with Crippen LogP contribution in [-0.4, -0.2) is 19.4 Å². The van der Waals surface area contributed by atoms with Gasteiger partial charge in [0.1, 0.15) is 0 Å². The third kappa shape index (κ3) is 3.80. The first-order valence-electron chi connectivity index (χ1n) is 9.36. The molecule has 3 aromatic rings. The number of anilines is 3. The zero-order valence-corrected chi connectivity index (χ0v) is 15.3. The van der Waals surface area contributed by atoms with Gasteiger partial charge in [0.15, 0.2) is 0 Å². The molecule has 0 amide bonds. The predicted molar refractivity (Wildman–Crippen MR) is 115 cm³/mol. The lowest BCUT2D eigenvalue weighted by Gasteiger charge is -2.17. The quantitative estimate of drug-likeness (QED) is 0.356. The van der Waals surface area contributed by atoms with Crippen LogP contribution in [-0.2, 0) is 12.8 Å². The van der Waals surface area contributed by atoms with E-state index in [1.807, 2.05) is 6.07 Å². The van der Waals surface area contributed by atoms with Crippen LogP contribution in [0.1, 0.15) is 11.1 Å². The largest absolute Gasteiger partial charge is 0.390 e. The fraction of sp³-hybridized carbons (Fsp3) is 0.174. The Labute approximate surface area is 160 Å². The van der Waals surface area contributed by atoms with Crippen LogP contribution in [0.25, 0.3) is 11.1 Å². The van der Waals surface area contributed by atoms with Crippen LogP contribution in [0, 0.1) is 0 Å². The maximum Gasteiger partial charge on any atom is 0.0798 e. The Morgan fingerprint density at radius 3 is 2.56 bits per heavy atom. The van der Waals surface area contributed by atoms with Gasteiger partial charge in [-0.2, -0.15) is 0 Å². The van der Waals surface area contributed by atoms with Gasteiger partial charge in [-0.3, -0.25) is 4.99 Å². The van der Waals surface area contributed by atoms with Gasteiger partial charge in [-0.1, -0.05) is 48.5 Å². The number of nitrogens with two attached hydrogens (primary N) is 1. The number of fused-ring (bicyclic) bond motifs is 2. The number of nitrogens with zero attached hydrogens (tertiary/aromatic N) is 1. The third-order valence-electron chi connectivity index (χ3n) is 4.94. The summed E-state index contributed by atoms with van der Waals surface area (Å²) in [6.45, 7) is 1.39. The molecule has 27 heavy (non-hydrogen) atoms. The number of benzene rings is 3. The van der Waals surface area contributed by atoms with E-state index in [0.717, 1.165) is 25.1 Å². The van der Waals surface area contributed by atoms with Crippen molar-refractivity contribution in [2.45, 2.75) is 12.8 Å². The van der Waals surface area contributed by atoms with E-state index in [-0.39, 0.29) is 0 Å². The standard InChI is InChI=1S/C23H24N4/c24-16-25-12-13-26-23-15-22-19(14-20(23)17-6-2-1-3-7-17)11-10-18-8-4-5-9-21(18)27-22/h1-9,14-16,26-27H,10-13H2,(H2,24,25). The third-order valence-corrected chi connectivity index (χ3v) is 4.94. The van der Waals surface area contributed by atoms with Crippen molar-refractivity contribution < 1.29 is 0 Å². The second-order valence-corrected chi connectivity index (χ2v) is 6.69. The normalized spacial score (nSPS) is 12.7. The zero-order chi connectivity index (χ0) is 18.5. The smallest absolute Gasteiger partial charge is 0.0798 e. The Morgan fingerprint density at radius 1 is 0.926 bits per heavy atom. The second kappa shape index (κ2) is 7.96. The minimum atomic E-state index is 0.651. The van der Waals surface area contributed by atoms with E-state index < -0.39 is 0 Å². The molecule has 1 aliphatic heterocycles. The monoisotopic (exact) mass is 356 g/mol. The average molecular weight is 356 g/mol. The molecule has 4 heteroatoms. The van der Waals surface area contributed by atoms with E-state index in [2.05, 4.69) is 76.3 Å². The van der Waals surface area contributed by atoms with Crippen LogP contribution in [0.2, 0.25) is 0 Å². The van der Waals surface area contributed by atoms with Gasteiger partial charge in [0.05, 0.1) is 12.9 Å². The molecule has 0 saturated heterocycles. The van der Waals surface area contributed by atoms with Crippen molar-refractivity contribution >= 4 is 23.4 Å². The molecule has 1 aliphatic rings. The minimum absolute atomic E-state index is 0.651. The highest BCUT2D eigenvalue weighted by molar-refractivity contribution is 5.84. The SMILES string of the molecule is NC=NCCNc1cc2c(cc1-c1ccccc1)CCc1ccccc1N2. The molecule has 0 unspecified atom stereocenters. The predicted octanol–water partition coefficient (Wildman–Crippen LogP) is 4.59. The number of hydrogen-bond donors (Lipinski definition) is 3. The van der Waals surface area contributed by atoms with Crippen molar-refractivity contribution in [1.82, 2.24) is 0 Å². The molecule has 0 radical (unpaired) electrons. The van der Waals surface area contributed by atoms with Gasteiger partial charge in [0, 0.05) is 29.2 Å². The summed E-state index contributed by atoms with van der Waals surface area (Å²) in [5, 5.41) is 7.17. The van der Waals surface area contributed by atoms with E-state index in [1.165, 1.54) is 40.0 Å².